The number of nitriles is 1. The third kappa shape index (κ3) is 4.30. The molecule has 1 atom stereocenters. The minimum Gasteiger partial charge on any atom is -0.462 e. The van der Waals surface area contributed by atoms with Gasteiger partial charge >= 0.3 is 5.97 Å². The Kier molecular flexibility index (Phi) is 6.53. The number of rotatable bonds is 7. The van der Waals surface area contributed by atoms with Crippen LogP contribution < -0.4 is 11.1 Å². The molecule has 0 saturated heterocycles. The van der Waals surface area contributed by atoms with Crippen LogP contribution in [0.15, 0.2) is 5.16 Å². The van der Waals surface area contributed by atoms with E-state index in [1.807, 2.05) is 6.07 Å². The predicted octanol–water partition coefficient (Wildman–Crippen LogP) is 1.62. The maximum Gasteiger partial charge on any atom is 0.350 e. The van der Waals surface area contributed by atoms with E-state index in [2.05, 4.69) is 20.5 Å². The molecule has 1 unspecified atom stereocenters. The quantitative estimate of drug-likeness (QED) is 0.526. The van der Waals surface area contributed by atoms with Gasteiger partial charge in [0.15, 0.2) is 10.3 Å². The molecule has 12 heteroatoms. The van der Waals surface area contributed by atoms with Crippen LogP contribution in [0.3, 0.4) is 0 Å². The van der Waals surface area contributed by atoms with Crippen LogP contribution in [0, 0.1) is 18.3 Å². The van der Waals surface area contributed by atoms with Gasteiger partial charge < -0.3 is 15.8 Å². The first-order valence-corrected chi connectivity index (χ1v) is 9.34. The molecule has 0 fully saturated rings. The number of thioether (sulfide) groups is 1. The van der Waals surface area contributed by atoms with Crippen molar-refractivity contribution < 1.29 is 14.3 Å². The van der Waals surface area contributed by atoms with Gasteiger partial charge in [-0.05, 0) is 20.8 Å². The molecule has 0 aromatic carbocycles. The number of thiazole rings is 1. The van der Waals surface area contributed by atoms with Gasteiger partial charge in [-0.1, -0.05) is 23.1 Å². The lowest BCUT2D eigenvalue weighted by atomic mass is 10.3. The van der Waals surface area contributed by atoms with Gasteiger partial charge in [0.2, 0.25) is 11.9 Å². The number of hydrogen-bond acceptors (Lipinski definition) is 10. The summed E-state index contributed by atoms with van der Waals surface area (Å²) in [6.45, 7) is 5.25. The van der Waals surface area contributed by atoms with E-state index in [4.69, 9.17) is 15.7 Å². The number of carbonyl (C=O) groups is 2. The molecule has 2 heterocycles. The molecule has 2 aromatic heterocycles. The molecule has 0 aliphatic carbocycles. The van der Waals surface area contributed by atoms with Crippen molar-refractivity contribution in [1.29, 1.82) is 5.26 Å². The first-order valence-electron chi connectivity index (χ1n) is 7.54. The first-order chi connectivity index (χ1) is 12.4. The molecule has 0 bridgehead atoms. The van der Waals surface area contributed by atoms with Crippen molar-refractivity contribution >= 4 is 46.1 Å². The number of hydrogen-bond donors (Lipinski definition) is 2. The second-order valence-corrected chi connectivity index (χ2v) is 6.92. The van der Waals surface area contributed by atoms with Crippen molar-refractivity contribution in [3.05, 3.63) is 10.6 Å². The lowest BCUT2D eigenvalue weighted by Gasteiger charge is -2.14. The topological polar surface area (TPSA) is 149 Å². The lowest BCUT2D eigenvalue weighted by Crippen LogP contribution is -2.25. The third-order valence-electron chi connectivity index (χ3n) is 3.21. The smallest absolute Gasteiger partial charge is 0.350 e. The molecule has 0 aliphatic heterocycles. The number of aromatic nitrogens is 4. The average Bonchev–Trinajstić information content (AvgIpc) is 3.15. The fourth-order valence-corrected chi connectivity index (χ4v) is 3.56. The molecule has 0 spiro atoms. The molecule has 0 radical (unpaired) electrons. The van der Waals surface area contributed by atoms with Crippen LogP contribution in [0.1, 0.15) is 35.3 Å². The lowest BCUT2D eigenvalue weighted by molar-refractivity contribution is -0.118. The Hall–Kier alpha value is -2.65. The van der Waals surface area contributed by atoms with Gasteiger partial charge in [0.05, 0.1) is 24.1 Å². The maximum atomic E-state index is 12.5. The standard InChI is InChI=1S/C14H17N7O3S2/c1-4-24-11(23)9-7(2)17-13(26-9)18-10(22)8(3)21-12(16)19-20-14(21)25-6-5-15/h8H,4,6H2,1-3H3,(H2,16,19)(H,17,18,22). The van der Waals surface area contributed by atoms with Gasteiger partial charge in [0.25, 0.3) is 0 Å². The fourth-order valence-electron chi connectivity index (χ4n) is 2.01. The summed E-state index contributed by atoms with van der Waals surface area (Å²) in [6, 6.07) is 1.24. The highest BCUT2D eigenvalue weighted by atomic mass is 32.2. The van der Waals surface area contributed by atoms with Crippen LogP contribution in [-0.4, -0.2) is 44.0 Å². The van der Waals surface area contributed by atoms with E-state index >= 15 is 0 Å². The number of anilines is 2. The summed E-state index contributed by atoms with van der Waals surface area (Å²) in [5, 5.41) is 19.6. The van der Waals surface area contributed by atoms with Crippen molar-refractivity contribution in [2.24, 2.45) is 0 Å². The SMILES string of the molecule is CCOC(=O)c1sc(NC(=O)C(C)n2c(N)nnc2SCC#N)nc1C. The molecular weight excluding hydrogens is 378 g/mol. The summed E-state index contributed by atoms with van der Waals surface area (Å²) in [5.41, 5.74) is 6.26. The Morgan fingerprint density at radius 1 is 1.50 bits per heavy atom. The Balaban J connectivity index is 2.16. The van der Waals surface area contributed by atoms with E-state index in [-0.39, 0.29) is 23.4 Å². The predicted molar refractivity (Wildman–Crippen MR) is 96.9 cm³/mol. The van der Waals surface area contributed by atoms with Crippen molar-refractivity contribution in [3.63, 3.8) is 0 Å². The van der Waals surface area contributed by atoms with Gasteiger partial charge in [-0.3, -0.25) is 9.36 Å². The largest absolute Gasteiger partial charge is 0.462 e. The van der Waals surface area contributed by atoms with Gasteiger partial charge in [0, 0.05) is 0 Å². The highest BCUT2D eigenvalue weighted by Gasteiger charge is 2.24. The number of nitrogens with zero attached hydrogens (tertiary/aromatic N) is 5. The molecule has 0 aliphatic rings. The highest BCUT2D eigenvalue weighted by Crippen LogP contribution is 2.26. The van der Waals surface area contributed by atoms with Gasteiger partial charge in [-0.15, -0.1) is 10.2 Å². The molecular formula is C14H17N7O3S2. The number of esters is 1. The number of nitrogens with two attached hydrogens (primary N) is 1. The highest BCUT2D eigenvalue weighted by molar-refractivity contribution is 7.99. The summed E-state index contributed by atoms with van der Waals surface area (Å²) < 4.78 is 6.39. The fraction of sp³-hybridized carbons (Fsp3) is 0.429. The van der Waals surface area contributed by atoms with Gasteiger partial charge in [-0.25, -0.2) is 9.78 Å². The molecule has 0 saturated carbocycles. The summed E-state index contributed by atoms with van der Waals surface area (Å²) >= 11 is 2.17. The Morgan fingerprint density at radius 3 is 2.88 bits per heavy atom. The van der Waals surface area contributed by atoms with Crippen LogP contribution in [-0.2, 0) is 9.53 Å². The van der Waals surface area contributed by atoms with E-state index in [1.165, 1.54) is 4.57 Å². The zero-order chi connectivity index (χ0) is 19.3. The van der Waals surface area contributed by atoms with E-state index in [1.54, 1.807) is 20.8 Å². The summed E-state index contributed by atoms with van der Waals surface area (Å²) in [7, 11) is 0. The number of nitrogen functional groups attached to an aromatic ring is 1. The minimum atomic E-state index is -0.735. The average molecular weight is 395 g/mol. The van der Waals surface area contributed by atoms with Crippen molar-refractivity contribution in [2.75, 3.05) is 23.4 Å². The third-order valence-corrected chi connectivity index (χ3v) is 5.07. The zero-order valence-corrected chi connectivity index (χ0v) is 16.0. The molecule has 2 rings (SSSR count). The second-order valence-electron chi connectivity index (χ2n) is 4.98. The number of amides is 1. The van der Waals surface area contributed by atoms with E-state index in [0.717, 1.165) is 23.1 Å². The Morgan fingerprint density at radius 2 is 2.23 bits per heavy atom. The summed E-state index contributed by atoms with van der Waals surface area (Å²) in [4.78, 5) is 28.9. The molecule has 26 heavy (non-hydrogen) atoms. The van der Waals surface area contributed by atoms with Crippen molar-refractivity contribution in [1.82, 2.24) is 19.7 Å². The van der Waals surface area contributed by atoms with Crippen LogP contribution in [0.4, 0.5) is 11.1 Å². The van der Waals surface area contributed by atoms with E-state index in [9.17, 15) is 9.59 Å². The Labute approximate surface area is 157 Å². The first kappa shape index (κ1) is 19.7. The molecule has 10 nitrogen and oxygen atoms in total. The van der Waals surface area contributed by atoms with Crippen LogP contribution >= 0.6 is 23.1 Å². The Bertz CT molecular complexity index is 855. The monoisotopic (exact) mass is 395 g/mol. The van der Waals surface area contributed by atoms with E-state index < -0.39 is 17.9 Å². The summed E-state index contributed by atoms with van der Waals surface area (Å²) in [6.07, 6.45) is 0. The number of ether oxygens (including phenoxy) is 1. The number of carbonyl (C=O) groups excluding carboxylic acids is 2. The van der Waals surface area contributed by atoms with Crippen molar-refractivity contribution in [3.8, 4) is 6.07 Å². The van der Waals surface area contributed by atoms with Crippen molar-refractivity contribution in [2.45, 2.75) is 32.0 Å². The maximum absolute atomic E-state index is 12.5. The van der Waals surface area contributed by atoms with Gasteiger partial charge in [0.1, 0.15) is 10.9 Å². The van der Waals surface area contributed by atoms with E-state index in [0.29, 0.717) is 15.7 Å². The van der Waals surface area contributed by atoms with Crippen LogP contribution in [0.25, 0.3) is 0 Å². The zero-order valence-electron chi connectivity index (χ0n) is 14.3. The molecule has 1 amide bonds. The number of nitrogens with one attached hydrogen (secondary N) is 1. The van der Waals surface area contributed by atoms with Gasteiger partial charge in [-0.2, -0.15) is 5.26 Å². The minimum absolute atomic E-state index is 0.0654. The second kappa shape index (κ2) is 8.63. The normalized spacial score (nSPS) is 11.6. The molecule has 2 aromatic rings. The van der Waals surface area contributed by atoms with Crippen LogP contribution in [0.5, 0.6) is 0 Å². The summed E-state index contributed by atoms with van der Waals surface area (Å²) in [5.74, 6) is -0.662. The molecule has 138 valence electrons. The van der Waals surface area contributed by atoms with Crippen LogP contribution in [0.2, 0.25) is 0 Å². The molecule has 3 N–H and O–H groups in total. The number of aryl methyl sites for hydroxylation is 1.